The molecular weight excluding hydrogens is 224 g/mol. The number of hydrogen-bond acceptors (Lipinski definition) is 2. The first-order valence-corrected chi connectivity index (χ1v) is 7.26. The molecule has 3 nitrogen and oxygen atoms in total. The topological polar surface area (TPSA) is 26.2 Å². The minimum atomic E-state index is 0.582. The molecule has 1 aromatic heterocycles. The van der Waals surface area contributed by atoms with Gasteiger partial charge in [-0.3, -0.25) is 0 Å². The third kappa shape index (κ3) is 3.59. The van der Waals surface area contributed by atoms with Gasteiger partial charge in [-0.15, -0.1) is 0 Å². The number of ether oxygens (including phenoxy) is 1. The van der Waals surface area contributed by atoms with Crippen molar-refractivity contribution in [3.63, 3.8) is 0 Å². The molecule has 1 aliphatic rings. The third-order valence-electron chi connectivity index (χ3n) is 3.97. The van der Waals surface area contributed by atoms with E-state index in [1.54, 1.807) is 0 Å². The normalized spacial score (nSPS) is 19.0. The Morgan fingerprint density at radius 3 is 2.94 bits per heavy atom. The molecular formula is C15H26N2O. The maximum absolute atomic E-state index is 5.42. The van der Waals surface area contributed by atoms with Gasteiger partial charge in [0.25, 0.3) is 0 Å². The van der Waals surface area contributed by atoms with Gasteiger partial charge in [0.05, 0.1) is 0 Å². The largest absolute Gasteiger partial charge is 0.381 e. The lowest BCUT2D eigenvalue weighted by atomic mass is 9.93. The smallest absolute Gasteiger partial charge is 0.0469 e. The van der Waals surface area contributed by atoms with E-state index in [9.17, 15) is 0 Å². The summed E-state index contributed by atoms with van der Waals surface area (Å²) in [5, 5.41) is 3.68. The molecule has 0 aliphatic carbocycles. The lowest BCUT2D eigenvalue weighted by Gasteiger charge is -2.28. The number of rotatable bonds is 6. The van der Waals surface area contributed by atoms with Gasteiger partial charge in [0, 0.05) is 44.2 Å². The van der Waals surface area contributed by atoms with Crippen LogP contribution in [0.15, 0.2) is 18.3 Å². The summed E-state index contributed by atoms with van der Waals surface area (Å²) in [6.45, 7) is 8.50. The molecule has 0 radical (unpaired) electrons. The molecule has 18 heavy (non-hydrogen) atoms. The number of nitrogens with one attached hydrogen (secondary N) is 1. The molecule has 1 N–H and O–H groups in total. The van der Waals surface area contributed by atoms with Crippen LogP contribution in [0.2, 0.25) is 0 Å². The first-order chi connectivity index (χ1) is 8.81. The Morgan fingerprint density at radius 2 is 2.22 bits per heavy atom. The molecule has 0 spiro atoms. The van der Waals surface area contributed by atoms with E-state index in [1.165, 1.54) is 25.0 Å². The zero-order valence-electron chi connectivity index (χ0n) is 11.7. The minimum absolute atomic E-state index is 0.582. The number of aromatic nitrogens is 1. The van der Waals surface area contributed by atoms with E-state index in [1.807, 2.05) is 0 Å². The molecule has 1 aliphatic heterocycles. The van der Waals surface area contributed by atoms with Crippen LogP contribution in [0.4, 0.5) is 0 Å². The van der Waals surface area contributed by atoms with Gasteiger partial charge >= 0.3 is 0 Å². The number of aryl methyl sites for hydroxylation is 1. The van der Waals surface area contributed by atoms with Gasteiger partial charge in [0.1, 0.15) is 0 Å². The molecule has 0 saturated carbocycles. The highest BCUT2D eigenvalue weighted by atomic mass is 16.5. The van der Waals surface area contributed by atoms with Crippen LogP contribution in [-0.2, 0) is 17.8 Å². The molecule has 0 amide bonds. The summed E-state index contributed by atoms with van der Waals surface area (Å²) >= 11 is 0. The van der Waals surface area contributed by atoms with E-state index in [0.717, 1.165) is 32.2 Å². The fraction of sp³-hybridized carbons (Fsp3) is 0.733. The Balaban J connectivity index is 1.80. The maximum atomic E-state index is 5.42. The van der Waals surface area contributed by atoms with Crippen molar-refractivity contribution in [3.8, 4) is 0 Å². The van der Waals surface area contributed by atoms with Gasteiger partial charge in [-0.1, -0.05) is 6.92 Å². The highest BCUT2D eigenvalue weighted by Crippen LogP contribution is 2.18. The Labute approximate surface area is 111 Å². The minimum Gasteiger partial charge on any atom is -0.381 e. The average molecular weight is 250 g/mol. The van der Waals surface area contributed by atoms with Crippen molar-refractivity contribution in [2.24, 2.45) is 5.92 Å². The molecule has 0 aromatic carbocycles. The lowest BCUT2D eigenvalue weighted by Crippen LogP contribution is -2.36. The lowest BCUT2D eigenvalue weighted by molar-refractivity contribution is 0.0557. The number of nitrogens with zero attached hydrogens (tertiary/aromatic N) is 1. The summed E-state index contributed by atoms with van der Waals surface area (Å²) < 4.78 is 7.77. The second-order valence-corrected chi connectivity index (χ2v) is 5.31. The summed E-state index contributed by atoms with van der Waals surface area (Å²) in [6, 6.07) is 4.95. The van der Waals surface area contributed by atoms with E-state index in [-0.39, 0.29) is 0 Å². The van der Waals surface area contributed by atoms with Crippen molar-refractivity contribution in [2.45, 2.75) is 52.2 Å². The molecule has 0 bridgehead atoms. The Morgan fingerprint density at radius 1 is 1.44 bits per heavy atom. The first kappa shape index (κ1) is 13.6. The maximum Gasteiger partial charge on any atom is 0.0469 e. The van der Waals surface area contributed by atoms with Crippen LogP contribution in [0.1, 0.15) is 38.8 Å². The fourth-order valence-corrected chi connectivity index (χ4v) is 2.72. The second-order valence-electron chi connectivity index (χ2n) is 5.31. The molecule has 1 unspecified atom stereocenters. The molecule has 102 valence electrons. The summed E-state index contributed by atoms with van der Waals surface area (Å²) in [5.41, 5.74) is 1.40. The predicted octanol–water partition coefficient (Wildman–Crippen LogP) is 2.80. The monoisotopic (exact) mass is 250 g/mol. The highest BCUT2D eigenvalue weighted by molar-refractivity contribution is 5.07. The van der Waals surface area contributed by atoms with Gasteiger partial charge in [-0.2, -0.15) is 0 Å². The van der Waals surface area contributed by atoms with Crippen molar-refractivity contribution in [1.82, 2.24) is 9.88 Å². The fourth-order valence-electron chi connectivity index (χ4n) is 2.72. The van der Waals surface area contributed by atoms with Crippen LogP contribution in [0, 0.1) is 5.92 Å². The summed E-state index contributed by atoms with van der Waals surface area (Å²) in [6.07, 6.45) is 5.77. The van der Waals surface area contributed by atoms with Crippen molar-refractivity contribution < 1.29 is 4.74 Å². The molecule has 1 atom stereocenters. The first-order valence-electron chi connectivity index (χ1n) is 7.26. The molecule has 1 fully saturated rings. The summed E-state index contributed by atoms with van der Waals surface area (Å²) in [7, 11) is 0. The van der Waals surface area contributed by atoms with E-state index in [2.05, 4.69) is 42.1 Å². The Hall–Kier alpha value is -0.800. The molecule has 3 heteroatoms. The van der Waals surface area contributed by atoms with Crippen LogP contribution in [0.5, 0.6) is 0 Å². The summed E-state index contributed by atoms with van der Waals surface area (Å²) in [4.78, 5) is 0. The predicted molar refractivity (Wildman–Crippen MR) is 74.6 cm³/mol. The molecule has 1 aromatic rings. The van der Waals surface area contributed by atoms with Crippen molar-refractivity contribution in [3.05, 3.63) is 24.0 Å². The van der Waals surface area contributed by atoms with E-state index >= 15 is 0 Å². The third-order valence-corrected chi connectivity index (χ3v) is 3.97. The average Bonchev–Trinajstić information content (AvgIpc) is 2.85. The zero-order chi connectivity index (χ0) is 12.8. The zero-order valence-corrected chi connectivity index (χ0v) is 11.7. The van der Waals surface area contributed by atoms with Crippen molar-refractivity contribution in [1.29, 1.82) is 0 Å². The van der Waals surface area contributed by atoms with E-state index in [0.29, 0.717) is 6.04 Å². The van der Waals surface area contributed by atoms with E-state index in [4.69, 9.17) is 4.74 Å². The Bertz CT molecular complexity index is 342. The van der Waals surface area contributed by atoms with Crippen LogP contribution in [0.3, 0.4) is 0 Å². The SMILES string of the molecule is CCCn1cccc1CNC(C)C1CCOCC1. The Kier molecular flexibility index (Phi) is 5.26. The highest BCUT2D eigenvalue weighted by Gasteiger charge is 2.20. The van der Waals surface area contributed by atoms with Gasteiger partial charge in [-0.25, -0.2) is 0 Å². The van der Waals surface area contributed by atoms with Crippen LogP contribution < -0.4 is 5.32 Å². The quantitative estimate of drug-likeness (QED) is 0.840. The molecule has 1 saturated heterocycles. The standard InChI is InChI=1S/C15H26N2O/c1-3-8-17-9-4-5-15(17)12-16-13(2)14-6-10-18-11-7-14/h4-5,9,13-14,16H,3,6-8,10-12H2,1-2H3. The van der Waals surface area contributed by atoms with Crippen LogP contribution >= 0.6 is 0 Å². The second kappa shape index (κ2) is 6.95. The van der Waals surface area contributed by atoms with Crippen LogP contribution in [0.25, 0.3) is 0 Å². The van der Waals surface area contributed by atoms with Crippen molar-refractivity contribution >= 4 is 0 Å². The van der Waals surface area contributed by atoms with Gasteiger partial charge < -0.3 is 14.6 Å². The van der Waals surface area contributed by atoms with Crippen LogP contribution in [-0.4, -0.2) is 23.8 Å². The summed E-state index contributed by atoms with van der Waals surface area (Å²) in [5.74, 6) is 0.772. The molecule has 2 rings (SSSR count). The van der Waals surface area contributed by atoms with Gasteiger partial charge in [-0.05, 0) is 44.2 Å². The van der Waals surface area contributed by atoms with Gasteiger partial charge in [0.15, 0.2) is 0 Å². The van der Waals surface area contributed by atoms with Gasteiger partial charge in [0.2, 0.25) is 0 Å². The van der Waals surface area contributed by atoms with E-state index < -0.39 is 0 Å². The molecule has 2 heterocycles. The number of hydrogen-bond donors (Lipinski definition) is 1. The van der Waals surface area contributed by atoms with Crippen molar-refractivity contribution in [2.75, 3.05) is 13.2 Å².